The topological polar surface area (TPSA) is 17.1 Å². The average molecular weight is 208 g/mol. The van der Waals surface area contributed by atoms with E-state index in [4.69, 9.17) is 0 Å². The number of aldehydes is 1. The molecule has 2 bridgehead atoms. The molecule has 3 aliphatic rings. The summed E-state index contributed by atoms with van der Waals surface area (Å²) in [6.45, 7) is 11.4. The molecule has 3 rings (SSSR count). The average Bonchev–Trinajstić information content (AvgIpc) is 2.16. The quantitative estimate of drug-likeness (QED) is 0.633. The van der Waals surface area contributed by atoms with Crippen LogP contribution in [-0.4, -0.2) is 6.29 Å². The summed E-state index contributed by atoms with van der Waals surface area (Å²) < 4.78 is 0. The molecule has 0 amide bonds. The van der Waals surface area contributed by atoms with Crippen LogP contribution in [0.1, 0.15) is 53.9 Å². The van der Waals surface area contributed by atoms with Crippen molar-refractivity contribution in [1.82, 2.24) is 0 Å². The number of carbonyl (C=O) groups is 1. The van der Waals surface area contributed by atoms with Crippen LogP contribution in [0.4, 0.5) is 0 Å². The fourth-order valence-corrected chi connectivity index (χ4v) is 4.97. The second-order valence-electron chi connectivity index (χ2n) is 6.91. The molecule has 86 valence electrons. The molecule has 15 heavy (non-hydrogen) atoms. The first-order valence-corrected chi connectivity index (χ1v) is 6.26. The maximum absolute atomic E-state index is 11.4. The van der Waals surface area contributed by atoms with Crippen molar-refractivity contribution >= 4 is 6.29 Å². The zero-order valence-electron chi connectivity index (χ0n) is 10.8. The number of rotatable bonds is 2. The lowest BCUT2D eigenvalue weighted by Gasteiger charge is -2.73. The van der Waals surface area contributed by atoms with Crippen molar-refractivity contribution in [3.63, 3.8) is 0 Å². The molecule has 0 radical (unpaired) electrons. The van der Waals surface area contributed by atoms with Crippen LogP contribution in [0.2, 0.25) is 0 Å². The predicted molar refractivity (Wildman–Crippen MR) is 62.6 cm³/mol. The van der Waals surface area contributed by atoms with Gasteiger partial charge in [-0.1, -0.05) is 34.6 Å². The lowest BCUT2D eigenvalue weighted by Crippen LogP contribution is -2.67. The minimum Gasteiger partial charge on any atom is -0.303 e. The Kier molecular flexibility index (Phi) is 2.13. The molecular weight excluding hydrogens is 184 g/mol. The highest BCUT2D eigenvalue weighted by Gasteiger charge is 2.69. The summed E-state index contributed by atoms with van der Waals surface area (Å²) in [6.07, 6.45) is 5.15. The molecule has 0 aromatic heterocycles. The van der Waals surface area contributed by atoms with Crippen LogP contribution in [0.3, 0.4) is 0 Å². The van der Waals surface area contributed by atoms with Crippen LogP contribution in [-0.2, 0) is 4.79 Å². The summed E-state index contributed by atoms with van der Waals surface area (Å²) in [6, 6.07) is 0. The minimum atomic E-state index is -0.160. The fraction of sp³-hybridized carbons (Fsp3) is 0.929. The van der Waals surface area contributed by atoms with E-state index in [1.807, 2.05) is 0 Å². The van der Waals surface area contributed by atoms with Crippen molar-refractivity contribution in [1.29, 1.82) is 0 Å². The second kappa shape index (κ2) is 2.87. The minimum absolute atomic E-state index is 0.160. The summed E-state index contributed by atoms with van der Waals surface area (Å²) in [5.74, 6) is 1.55. The van der Waals surface area contributed by atoms with Gasteiger partial charge in [0.25, 0.3) is 0 Å². The van der Waals surface area contributed by atoms with Crippen LogP contribution < -0.4 is 0 Å². The van der Waals surface area contributed by atoms with Crippen molar-refractivity contribution < 1.29 is 4.79 Å². The molecule has 3 atom stereocenters. The Bertz CT molecular complexity index is 290. The first-order chi connectivity index (χ1) is 6.79. The van der Waals surface area contributed by atoms with E-state index in [-0.39, 0.29) is 10.8 Å². The van der Waals surface area contributed by atoms with Gasteiger partial charge in [-0.2, -0.15) is 0 Å². The third-order valence-electron chi connectivity index (χ3n) is 5.97. The molecule has 1 heteroatoms. The van der Waals surface area contributed by atoms with E-state index in [2.05, 4.69) is 34.6 Å². The summed E-state index contributed by atoms with van der Waals surface area (Å²) in [5.41, 5.74) is 0.451. The molecule has 3 saturated carbocycles. The van der Waals surface area contributed by atoms with Crippen molar-refractivity contribution in [3.8, 4) is 0 Å². The molecular formula is C14H24O. The molecule has 0 aromatic rings. The van der Waals surface area contributed by atoms with Gasteiger partial charge in [0.1, 0.15) is 6.29 Å². The maximum atomic E-state index is 11.4. The highest BCUT2D eigenvalue weighted by Crippen LogP contribution is 2.75. The predicted octanol–water partition coefficient (Wildman–Crippen LogP) is 3.67. The van der Waals surface area contributed by atoms with Gasteiger partial charge in [0.05, 0.1) is 0 Å². The summed E-state index contributed by atoms with van der Waals surface area (Å²) in [7, 11) is 0. The van der Waals surface area contributed by atoms with Gasteiger partial charge in [-0.25, -0.2) is 0 Å². The lowest BCUT2D eigenvalue weighted by atomic mass is 9.31. The van der Waals surface area contributed by atoms with Crippen molar-refractivity contribution in [2.45, 2.75) is 53.9 Å². The van der Waals surface area contributed by atoms with Gasteiger partial charge >= 0.3 is 0 Å². The lowest BCUT2D eigenvalue weighted by molar-refractivity contribution is -0.245. The Morgan fingerprint density at radius 2 is 1.87 bits per heavy atom. The van der Waals surface area contributed by atoms with Crippen LogP contribution in [0.15, 0.2) is 0 Å². The Labute approximate surface area is 93.6 Å². The Morgan fingerprint density at radius 1 is 1.27 bits per heavy atom. The highest BCUT2D eigenvalue weighted by atomic mass is 16.1. The molecule has 3 fully saturated rings. The largest absolute Gasteiger partial charge is 0.303 e. The van der Waals surface area contributed by atoms with E-state index in [0.29, 0.717) is 11.3 Å². The number of hydrogen-bond acceptors (Lipinski definition) is 1. The van der Waals surface area contributed by atoms with Gasteiger partial charge in [-0.3, -0.25) is 0 Å². The smallest absolute Gasteiger partial charge is 0.126 e. The zero-order valence-corrected chi connectivity index (χ0v) is 10.8. The van der Waals surface area contributed by atoms with Crippen molar-refractivity contribution in [2.75, 3.05) is 0 Å². The normalized spacial score (nSPS) is 43.3. The molecule has 3 aliphatic carbocycles. The van der Waals surface area contributed by atoms with E-state index in [1.165, 1.54) is 25.5 Å². The molecule has 1 nitrogen and oxygen atoms in total. The molecule has 3 unspecified atom stereocenters. The van der Waals surface area contributed by atoms with Crippen LogP contribution in [0.5, 0.6) is 0 Å². The molecule has 0 spiro atoms. The van der Waals surface area contributed by atoms with Crippen LogP contribution in [0, 0.1) is 28.1 Å². The first-order valence-electron chi connectivity index (χ1n) is 6.26. The maximum Gasteiger partial charge on any atom is 0.126 e. The summed E-state index contributed by atoms with van der Waals surface area (Å²) in [5, 5.41) is 0. The number of carbonyl (C=O) groups excluding carboxylic acids is 1. The van der Waals surface area contributed by atoms with E-state index in [0.717, 1.165) is 5.92 Å². The van der Waals surface area contributed by atoms with Crippen LogP contribution >= 0.6 is 0 Å². The number of hydrogen-bond donors (Lipinski definition) is 0. The van der Waals surface area contributed by atoms with Gasteiger partial charge in [-0.15, -0.1) is 0 Å². The van der Waals surface area contributed by atoms with Crippen molar-refractivity contribution in [2.24, 2.45) is 28.1 Å². The summed E-state index contributed by atoms with van der Waals surface area (Å²) in [4.78, 5) is 11.4. The molecule has 0 heterocycles. The van der Waals surface area contributed by atoms with E-state index < -0.39 is 0 Å². The molecule has 0 saturated heterocycles. The van der Waals surface area contributed by atoms with E-state index in [9.17, 15) is 4.79 Å². The van der Waals surface area contributed by atoms with Crippen molar-refractivity contribution in [3.05, 3.63) is 0 Å². The van der Waals surface area contributed by atoms with Crippen LogP contribution in [0.25, 0.3) is 0 Å². The Morgan fingerprint density at radius 3 is 2.27 bits per heavy atom. The molecule has 0 aliphatic heterocycles. The van der Waals surface area contributed by atoms with Gasteiger partial charge in [-0.05, 0) is 41.9 Å². The Hall–Kier alpha value is -0.330. The fourth-order valence-electron chi connectivity index (χ4n) is 4.97. The third-order valence-corrected chi connectivity index (χ3v) is 5.97. The monoisotopic (exact) mass is 208 g/mol. The van der Waals surface area contributed by atoms with Gasteiger partial charge in [0, 0.05) is 5.41 Å². The van der Waals surface area contributed by atoms with Gasteiger partial charge in [0.15, 0.2) is 0 Å². The molecule has 0 N–H and O–H groups in total. The standard InChI is InChI=1S/C14H24O/c1-10-6-7-11-8-14(10,13(11,4)5)12(2,3)9-15/h9-11H,6-8H2,1-5H3. The molecule has 0 aromatic carbocycles. The first kappa shape index (κ1) is 11.2. The number of fused-ring (bicyclic) bond motifs is 2. The van der Waals surface area contributed by atoms with E-state index in [1.54, 1.807) is 0 Å². The van der Waals surface area contributed by atoms with Gasteiger partial charge < -0.3 is 4.79 Å². The third kappa shape index (κ3) is 1.02. The van der Waals surface area contributed by atoms with E-state index >= 15 is 0 Å². The Balaban J connectivity index is 2.45. The zero-order chi connectivity index (χ0) is 11.5. The summed E-state index contributed by atoms with van der Waals surface area (Å²) >= 11 is 0. The highest BCUT2D eigenvalue weighted by molar-refractivity contribution is 5.61. The SMILES string of the molecule is CC1CCC2CC1(C(C)(C)C=O)C2(C)C. The second-order valence-corrected chi connectivity index (χ2v) is 6.91. The van der Waals surface area contributed by atoms with Gasteiger partial charge in [0.2, 0.25) is 0 Å².